The number of hydrogen-bond acceptors (Lipinski definition) is 2. The molecule has 0 atom stereocenters. The molecule has 2 aromatic heterocycles. The number of benzene rings is 11. The summed E-state index contributed by atoms with van der Waals surface area (Å²) < 4.78 is 12.7. The van der Waals surface area contributed by atoms with Gasteiger partial charge in [-0.2, -0.15) is 0 Å². The average molecular weight is 817 g/mol. The molecule has 0 aliphatic carbocycles. The van der Waals surface area contributed by atoms with E-state index in [1.54, 1.807) is 0 Å². The summed E-state index contributed by atoms with van der Waals surface area (Å²) in [6.07, 6.45) is 0. The molecule has 0 fully saturated rings. The van der Waals surface area contributed by atoms with Crippen molar-refractivity contribution in [1.82, 2.24) is 0 Å². The minimum atomic E-state index is 0.894. The second-order valence-electron chi connectivity index (χ2n) is 17.2. The van der Waals surface area contributed by atoms with Crippen LogP contribution in [0.4, 0.5) is 0 Å². The first kappa shape index (κ1) is 36.5. The summed E-state index contributed by atoms with van der Waals surface area (Å²) in [7, 11) is 0. The molecule has 0 radical (unpaired) electrons. The first-order valence-corrected chi connectivity index (χ1v) is 22.1. The zero-order valence-electron chi connectivity index (χ0n) is 35.4. The summed E-state index contributed by atoms with van der Waals surface area (Å²) in [5, 5.41) is 11.8. The van der Waals surface area contributed by atoms with Crippen molar-refractivity contribution < 1.29 is 8.83 Å². The van der Waals surface area contributed by atoms with Gasteiger partial charge in [0.25, 0.3) is 0 Å². The summed E-state index contributed by atoms with van der Waals surface area (Å²) in [5.41, 5.74) is 18.1. The molecule has 11 aromatic carbocycles. The molecule has 0 amide bonds. The van der Waals surface area contributed by atoms with E-state index in [4.69, 9.17) is 8.83 Å². The third-order valence-electron chi connectivity index (χ3n) is 13.5. The molecular formula is C62H40O2. The number of hydrogen-bond donors (Lipinski definition) is 0. The Labute approximate surface area is 370 Å². The summed E-state index contributed by atoms with van der Waals surface area (Å²) in [6, 6.07) is 75.2. The van der Waals surface area contributed by atoms with E-state index in [0.717, 1.165) is 66.1 Å². The van der Waals surface area contributed by atoms with Crippen molar-refractivity contribution >= 4 is 76.2 Å². The van der Waals surface area contributed by atoms with E-state index in [1.165, 1.54) is 76.8 Å². The summed E-state index contributed by atoms with van der Waals surface area (Å²) in [4.78, 5) is 0. The summed E-state index contributed by atoms with van der Waals surface area (Å²) >= 11 is 0. The van der Waals surface area contributed by atoms with Crippen molar-refractivity contribution in [2.24, 2.45) is 0 Å². The van der Waals surface area contributed by atoms with E-state index in [9.17, 15) is 0 Å². The van der Waals surface area contributed by atoms with Crippen LogP contribution < -0.4 is 0 Å². The Bertz CT molecular complexity index is 4030. The number of para-hydroxylation sites is 2. The van der Waals surface area contributed by atoms with Crippen LogP contribution in [-0.4, -0.2) is 0 Å². The van der Waals surface area contributed by atoms with E-state index in [-0.39, 0.29) is 0 Å². The fourth-order valence-electron chi connectivity index (χ4n) is 10.5. The third-order valence-corrected chi connectivity index (χ3v) is 13.5. The van der Waals surface area contributed by atoms with Gasteiger partial charge in [-0.05, 0) is 155 Å². The van der Waals surface area contributed by atoms with Crippen molar-refractivity contribution in [2.45, 2.75) is 13.8 Å². The normalized spacial score (nSPS) is 11.9. The standard InChI is InChI=1S/C62H40O2/c1-37-33-52(38(2)32-51(37)40-14-4-3-5-15-40)61-49-30-27-43(45-21-13-25-59-62(45)50-20-9-11-24-57(50)64-59)36-55(49)60(47-22-12-17-39-16-6-7-18-44(39)47)48-29-26-41(35-54(48)61)42-28-31-58-53(34-42)46-19-8-10-23-56(46)63-58/h3-36H,1-2H3. The van der Waals surface area contributed by atoms with Crippen LogP contribution in [0, 0.1) is 13.8 Å². The molecule has 300 valence electrons. The molecular weight excluding hydrogens is 777 g/mol. The van der Waals surface area contributed by atoms with E-state index in [2.05, 4.69) is 202 Å². The fraction of sp³-hybridized carbons (Fsp3) is 0.0323. The second-order valence-corrected chi connectivity index (χ2v) is 17.2. The van der Waals surface area contributed by atoms with Gasteiger partial charge in [0, 0.05) is 21.5 Å². The van der Waals surface area contributed by atoms with Gasteiger partial charge in [-0.25, -0.2) is 0 Å². The lowest BCUT2D eigenvalue weighted by atomic mass is 9.81. The number of aryl methyl sites for hydroxylation is 2. The van der Waals surface area contributed by atoms with Crippen LogP contribution in [0.3, 0.4) is 0 Å². The number of furan rings is 2. The fourth-order valence-corrected chi connectivity index (χ4v) is 10.5. The van der Waals surface area contributed by atoms with Gasteiger partial charge in [0.2, 0.25) is 0 Å². The molecule has 0 aliphatic rings. The highest BCUT2D eigenvalue weighted by atomic mass is 16.3. The lowest BCUT2D eigenvalue weighted by molar-refractivity contribution is 0.668. The van der Waals surface area contributed by atoms with Crippen LogP contribution >= 0.6 is 0 Å². The molecule has 13 rings (SSSR count). The van der Waals surface area contributed by atoms with E-state index in [0.29, 0.717) is 0 Å². The Balaban J connectivity index is 1.16. The molecule has 0 spiro atoms. The van der Waals surface area contributed by atoms with Crippen LogP contribution in [0.2, 0.25) is 0 Å². The van der Waals surface area contributed by atoms with Crippen molar-refractivity contribution in [3.05, 3.63) is 217 Å². The molecule has 64 heavy (non-hydrogen) atoms. The zero-order valence-corrected chi connectivity index (χ0v) is 35.4. The monoisotopic (exact) mass is 816 g/mol. The predicted molar refractivity (Wildman–Crippen MR) is 270 cm³/mol. The lowest BCUT2D eigenvalue weighted by Crippen LogP contribution is -1.96. The molecule has 0 saturated carbocycles. The van der Waals surface area contributed by atoms with Gasteiger partial charge in [-0.3, -0.25) is 0 Å². The lowest BCUT2D eigenvalue weighted by Gasteiger charge is -2.22. The number of rotatable bonds is 5. The van der Waals surface area contributed by atoms with Crippen LogP contribution in [-0.2, 0) is 0 Å². The average Bonchev–Trinajstić information content (AvgIpc) is 3.92. The molecule has 0 saturated heterocycles. The molecule has 0 bridgehead atoms. The largest absolute Gasteiger partial charge is 0.456 e. The van der Waals surface area contributed by atoms with Gasteiger partial charge in [-0.15, -0.1) is 0 Å². The van der Waals surface area contributed by atoms with E-state index in [1.807, 2.05) is 18.2 Å². The Morgan fingerprint density at radius 1 is 0.266 bits per heavy atom. The zero-order chi connectivity index (χ0) is 42.5. The first-order chi connectivity index (χ1) is 31.6. The van der Waals surface area contributed by atoms with Gasteiger partial charge in [0.15, 0.2) is 0 Å². The minimum absolute atomic E-state index is 0.894. The van der Waals surface area contributed by atoms with Crippen molar-refractivity contribution in [3.8, 4) is 55.6 Å². The van der Waals surface area contributed by atoms with E-state index < -0.39 is 0 Å². The first-order valence-electron chi connectivity index (χ1n) is 22.1. The third kappa shape index (κ3) is 5.59. The Hall–Kier alpha value is -8.20. The molecule has 0 aliphatic heterocycles. The summed E-state index contributed by atoms with van der Waals surface area (Å²) in [6.45, 7) is 4.53. The molecule has 2 nitrogen and oxygen atoms in total. The molecule has 0 unspecified atom stereocenters. The highest BCUT2D eigenvalue weighted by Gasteiger charge is 2.23. The second kappa shape index (κ2) is 14.2. The summed E-state index contributed by atoms with van der Waals surface area (Å²) in [5.74, 6) is 0. The highest BCUT2D eigenvalue weighted by molar-refractivity contribution is 6.25. The van der Waals surface area contributed by atoms with Gasteiger partial charge in [-0.1, -0.05) is 164 Å². The Morgan fingerprint density at radius 3 is 1.59 bits per heavy atom. The maximum atomic E-state index is 6.43. The van der Waals surface area contributed by atoms with Crippen molar-refractivity contribution in [2.75, 3.05) is 0 Å². The topological polar surface area (TPSA) is 26.3 Å². The number of fused-ring (bicyclic) bond motifs is 9. The van der Waals surface area contributed by atoms with E-state index >= 15 is 0 Å². The van der Waals surface area contributed by atoms with Gasteiger partial charge < -0.3 is 8.83 Å². The molecule has 2 heteroatoms. The molecule has 0 N–H and O–H groups in total. The Morgan fingerprint density at radius 2 is 0.781 bits per heavy atom. The van der Waals surface area contributed by atoms with Crippen molar-refractivity contribution in [1.29, 1.82) is 0 Å². The predicted octanol–water partition coefficient (Wildman–Crippen LogP) is 17.9. The maximum Gasteiger partial charge on any atom is 0.136 e. The smallest absolute Gasteiger partial charge is 0.136 e. The Kier molecular flexibility index (Phi) is 8.07. The molecule has 13 aromatic rings. The van der Waals surface area contributed by atoms with Crippen molar-refractivity contribution in [3.63, 3.8) is 0 Å². The molecule has 2 heterocycles. The van der Waals surface area contributed by atoms with Gasteiger partial charge in [0.1, 0.15) is 22.3 Å². The SMILES string of the molecule is Cc1cc(-c2c3cc(-c4ccc5oc6ccccc6c5c4)ccc3c(-c3cccc4ccccc34)c3cc(-c4cccc5oc6ccccc6c45)ccc23)c(C)cc1-c1ccccc1. The van der Waals surface area contributed by atoms with Crippen LogP contribution in [0.25, 0.3) is 132 Å². The maximum absolute atomic E-state index is 6.43. The van der Waals surface area contributed by atoms with Gasteiger partial charge in [0.05, 0.1) is 0 Å². The minimum Gasteiger partial charge on any atom is -0.456 e. The van der Waals surface area contributed by atoms with Crippen LogP contribution in [0.1, 0.15) is 11.1 Å². The highest BCUT2D eigenvalue weighted by Crippen LogP contribution is 2.49. The van der Waals surface area contributed by atoms with Gasteiger partial charge >= 0.3 is 0 Å². The van der Waals surface area contributed by atoms with Crippen LogP contribution in [0.15, 0.2) is 215 Å². The van der Waals surface area contributed by atoms with Crippen LogP contribution in [0.5, 0.6) is 0 Å². The quantitative estimate of drug-likeness (QED) is 0.162.